The molecule has 1 aromatic carbocycles. The van der Waals surface area contributed by atoms with Gasteiger partial charge in [0.2, 0.25) is 0 Å². The van der Waals surface area contributed by atoms with Crippen molar-refractivity contribution in [2.75, 3.05) is 0 Å². The highest BCUT2D eigenvalue weighted by Crippen LogP contribution is 2.43. The summed E-state index contributed by atoms with van der Waals surface area (Å²) in [6.07, 6.45) is 3.88. The van der Waals surface area contributed by atoms with E-state index in [4.69, 9.17) is 0 Å². The van der Waals surface area contributed by atoms with E-state index in [0.29, 0.717) is 4.83 Å². The maximum atomic E-state index is 12.0. The molecule has 0 amide bonds. The molecule has 3 rings (SSSR count). The third-order valence-corrected chi connectivity index (χ3v) is 5.52. The predicted octanol–water partition coefficient (Wildman–Crippen LogP) is 3.88. The molecule has 1 aliphatic rings. The zero-order chi connectivity index (χ0) is 13.7. The van der Waals surface area contributed by atoms with Crippen LogP contribution < -0.4 is 5.69 Å². The zero-order valence-electron chi connectivity index (χ0n) is 11.0. The number of aryl methyl sites for hydroxylation is 2. The summed E-state index contributed by atoms with van der Waals surface area (Å²) >= 11 is 7.43. The number of fused-ring (bicyclic) bond motifs is 1. The first-order chi connectivity index (χ1) is 8.99. The minimum absolute atomic E-state index is 0.0207. The van der Waals surface area contributed by atoms with E-state index in [0.717, 1.165) is 21.4 Å². The van der Waals surface area contributed by atoms with Gasteiger partial charge in [-0.05, 0) is 30.0 Å². The SMILES string of the molecule is Cn1c(=O)n(C)c2cc(C(Br)CC3CC3)c(Br)cc21. The highest BCUT2D eigenvalue weighted by Gasteiger charge is 2.26. The van der Waals surface area contributed by atoms with Crippen LogP contribution in [0.5, 0.6) is 0 Å². The van der Waals surface area contributed by atoms with Crippen LogP contribution in [0.25, 0.3) is 11.0 Å². The maximum absolute atomic E-state index is 12.0. The summed E-state index contributed by atoms with van der Waals surface area (Å²) < 4.78 is 4.47. The van der Waals surface area contributed by atoms with Crippen molar-refractivity contribution >= 4 is 42.9 Å². The summed E-state index contributed by atoms with van der Waals surface area (Å²) in [5.41, 5.74) is 3.22. The largest absolute Gasteiger partial charge is 0.328 e. The Bertz CT molecular complexity index is 698. The first-order valence-electron chi connectivity index (χ1n) is 6.48. The smallest absolute Gasteiger partial charge is 0.295 e. The van der Waals surface area contributed by atoms with Crippen molar-refractivity contribution in [1.29, 1.82) is 0 Å². The lowest BCUT2D eigenvalue weighted by atomic mass is 10.1. The van der Waals surface area contributed by atoms with Crippen LogP contribution in [0.4, 0.5) is 0 Å². The van der Waals surface area contributed by atoms with Crippen molar-refractivity contribution in [1.82, 2.24) is 9.13 Å². The van der Waals surface area contributed by atoms with Crippen LogP contribution in [0.3, 0.4) is 0 Å². The summed E-state index contributed by atoms with van der Waals surface area (Å²) in [4.78, 5) is 12.3. The number of benzene rings is 1. The van der Waals surface area contributed by atoms with Gasteiger partial charge in [-0.15, -0.1) is 0 Å². The zero-order valence-corrected chi connectivity index (χ0v) is 14.2. The van der Waals surface area contributed by atoms with Gasteiger partial charge in [-0.25, -0.2) is 4.79 Å². The number of hydrogen-bond acceptors (Lipinski definition) is 1. The second kappa shape index (κ2) is 4.77. The van der Waals surface area contributed by atoms with Gasteiger partial charge in [-0.1, -0.05) is 44.7 Å². The highest BCUT2D eigenvalue weighted by molar-refractivity contribution is 9.11. The highest BCUT2D eigenvalue weighted by atomic mass is 79.9. The third kappa shape index (κ3) is 2.31. The fourth-order valence-corrected chi connectivity index (χ4v) is 4.37. The molecule has 0 saturated heterocycles. The van der Waals surface area contributed by atoms with Crippen LogP contribution in [-0.4, -0.2) is 9.13 Å². The molecular weight excluding hydrogens is 372 g/mol. The van der Waals surface area contributed by atoms with Gasteiger partial charge in [0.25, 0.3) is 0 Å². The van der Waals surface area contributed by atoms with Gasteiger partial charge < -0.3 is 0 Å². The van der Waals surface area contributed by atoms with Crippen LogP contribution in [0.1, 0.15) is 29.7 Å². The van der Waals surface area contributed by atoms with Gasteiger partial charge in [-0.3, -0.25) is 9.13 Å². The number of rotatable bonds is 3. The average Bonchev–Trinajstić information content (AvgIpc) is 3.16. The Hall–Kier alpha value is -0.550. The van der Waals surface area contributed by atoms with Crippen molar-refractivity contribution in [2.45, 2.75) is 24.1 Å². The van der Waals surface area contributed by atoms with Crippen LogP contribution in [-0.2, 0) is 14.1 Å². The topological polar surface area (TPSA) is 26.9 Å². The van der Waals surface area contributed by atoms with E-state index in [2.05, 4.69) is 37.9 Å². The average molecular weight is 388 g/mol. The molecule has 1 fully saturated rings. The predicted molar refractivity (Wildman–Crippen MR) is 84.9 cm³/mol. The molecule has 102 valence electrons. The van der Waals surface area contributed by atoms with Gasteiger partial charge in [0.15, 0.2) is 0 Å². The molecule has 1 atom stereocenters. The summed E-state index contributed by atoms with van der Waals surface area (Å²) in [5, 5.41) is 0. The Balaban J connectivity index is 2.12. The van der Waals surface area contributed by atoms with Crippen LogP contribution in [0.2, 0.25) is 0 Å². The minimum Gasteiger partial charge on any atom is -0.295 e. The molecule has 1 aromatic heterocycles. The second-order valence-corrected chi connectivity index (χ2v) is 7.37. The Kier molecular flexibility index (Phi) is 3.38. The fraction of sp³-hybridized carbons (Fsp3) is 0.500. The molecule has 0 N–H and O–H groups in total. The van der Waals surface area contributed by atoms with Gasteiger partial charge in [-0.2, -0.15) is 0 Å². The maximum Gasteiger partial charge on any atom is 0.328 e. The van der Waals surface area contributed by atoms with Gasteiger partial charge in [0.05, 0.1) is 11.0 Å². The molecule has 1 unspecified atom stereocenters. The molecule has 2 aromatic rings. The number of alkyl halides is 1. The molecule has 1 aliphatic carbocycles. The van der Waals surface area contributed by atoms with Crippen molar-refractivity contribution in [3.8, 4) is 0 Å². The number of imidazole rings is 1. The van der Waals surface area contributed by atoms with Gasteiger partial charge >= 0.3 is 5.69 Å². The standard InChI is InChI=1S/C14H16Br2N2O/c1-17-12-6-9(10(15)5-8-3-4-8)11(16)7-13(12)18(2)14(17)19/h6-8,10H,3-5H2,1-2H3. The first-order valence-corrected chi connectivity index (χ1v) is 8.19. The quantitative estimate of drug-likeness (QED) is 0.734. The molecular formula is C14H16Br2N2O. The van der Waals surface area contributed by atoms with Crippen molar-refractivity contribution in [2.24, 2.45) is 20.0 Å². The first kappa shape index (κ1) is 13.4. The molecule has 1 saturated carbocycles. The molecule has 1 heterocycles. The van der Waals surface area contributed by atoms with E-state index in [1.54, 1.807) is 9.13 Å². The van der Waals surface area contributed by atoms with Crippen LogP contribution in [0, 0.1) is 5.92 Å². The Morgan fingerprint density at radius 1 is 1.26 bits per heavy atom. The molecule has 0 bridgehead atoms. The van der Waals surface area contributed by atoms with Gasteiger partial charge in [0, 0.05) is 23.4 Å². The van der Waals surface area contributed by atoms with Crippen LogP contribution >= 0.6 is 31.9 Å². The van der Waals surface area contributed by atoms with Crippen molar-refractivity contribution in [3.63, 3.8) is 0 Å². The van der Waals surface area contributed by atoms with Crippen molar-refractivity contribution < 1.29 is 0 Å². The molecule has 0 spiro atoms. The lowest BCUT2D eigenvalue weighted by Gasteiger charge is -2.12. The number of nitrogens with zero attached hydrogens (tertiary/aromatic N) is 2. The number of hydrogen-bond donors (Lipinski definition) is 0. The summed E-state index contributed by atoms with van der Waals surface area (Å²) in [6, 6.07) is 4.18. The number of aromatic nitrogens is 2. The normalized spacial score (nSPS) is 17.1. The lowest BCUT2D eigenvalue weighted by molar-refractivity contribution is 0.720. The lowest BCUT2D eigenvalue weighted by Crippen LogP contribution is -2.19. The third-order valence-electron chi connectivity index (χ3n) is 3.97. The Morgan fingerprint density at radius 3 is 2.42 bits per heavy atom. The second-order valence-electron chi connectivity index (χ2n) is 5.41. The van der Waals surface area contributed by atoms with E-state index in [1.165, 1.54) is 24.8 Å². The Morgan fingerprint density at radius 2 is 1.84 bits per heavy atom. The van der Waals surface area contributed by atoms with E-state index in [-0.39, 0.29) is 5.69 Å². The van der Waals surface area contributed by atoms with E-state index < -0.39 is 0 Å². The monoisotopic (exact) mass is 386 g/mol. The summed E-state index contributed by atoms with van der Waals surface area (Å²) in [7, 11) is 3.64. The van der Waals surface area contributed by atoms with E-state index >= 15 is 0 Å². The Labute approximate surface area is 128 Å². The molecule has 0 radical (unpaired) electrons. The molecule has 0 aliphatic heterocycles. The van der Waals surface area contributed by atoms with Gasteiger partial charge in [0.1, 0.15) is 0 Å². The summed E-state index contributed by atoms with van der Waals surface area (Å²) in [5.74, 6) is 0.867. The molecule has 5 heteroatoms. The van der Waals surface area contributed by atoms with E-state index in [9.17, 15) is 4.79 Å². The van der Waals surface area contributed by atoms with E-state index in [1.807, 2.05) is 20.2 Å². The van der Waals surface area contributed by atoms with Crippen molar-refractivity contribution in [3.05, 3.63) is 32.7 Å². The van der Waals surface area contributed by atoms with Crippen LogP contribution in [0.15, 0.2) is 21.4 Å². The minimum atomic E-state index is 0.0207. The fourth-order valence-electron chi connectivity index (χ4n) is 2.55. The molecule has 19 heavy (non-hydrogen) atoms. The number of halogens is 2. The summed E-state index contributed by atoms with van der Waals surface area (Å²) in [6.45, 7) is 0. The molecule has 3 nitrogen and oxygen atoms in total.